The zero-order chi connectivity index (χ0) is 24.6. The van der Waals surface area contributed by atoms with Crippen molar-refractivity contribution in [2.45, 2.75) is 38.8 Å². The first-order valence-electron chi connectivity index (χ1n) is 12.4. The minimum Gasteiger partial charge on any atom is -0.312 e. The predicted octanol–water partition coefficient (Wildman–Crippen LogP) is 4.42. The Bertz CT molecular complexity index is 1200. The number of hydrogen-bond acceptors (Lipinski definition) is 4. The molecule has 0 bridgehead atoms. The van der Waals surface area contributed by atoms with E-state index in [0.29, 0.717) is 19.4 Å². The van der Waals surface area contributed by atoms with Crippen LogP contribution in [0.2, 0.25) is 0 Å². The van der Waals surface area contributed by atoms with Crippen molar-refractivity contribution in [3.8, 4) is 16.9 Å². The highest BCUT2D eigenvalue weighted by Gasteiger charge is 2.56. The molecule has 35 heavy (non-hydrogen) atoms. The SMILES string of the molecule is CC(C)CN1C(=O)N(C)C2(CCN(Cc3cn(-c4ccccc4)nc3-c3ccccc3)CC2)C1=O. The molecule has 0 aliphatic carbocycles. The van der Waals surface area contributed by atoms with Gasteiger partial charge in [0.2, 0.25) is 0 Å². The van der Waals surface area contributed by atoms with Gasteiger partial charge in [-0.1, -0.05) is 62.4 Å². The summed E-state index contributed by atoms with van der Waals surface area (Å²) in [7, 11) is 1.79. The average molecular weight is 472 g/mol. The Morgan fingerprint density at radius 3 is 2.20 bits per heavy atom. The highest BCUT2D eigenvalue weighted by atomic mass is 16.2. The van der Waals surface area contributed by atoms with Gasteiger partial charge in [-0.2, -0.15) is 5.10 Å². The van der Waals surface area contributed by atoms with Gasteiger partial charge in [-0.3, -0.25) is 14.6 Å². The van der Waals surface area contributed by atoms with E-state index in [1.165, 1.54) is 4.90 Å². The molecule has 1 spiro atoms. The highest BCUT2D eigenvalue weighted by molar-refractivity contribution is 6.07. The molecule has 0 radical (unpaired) electrons. The standard InChI is InChI=1S/C28H33N5O2/c1-21(2)18-32-26(34)28(30(3)27(32)35)14-16-31(17-15-28)19-23-20-33(24-12-8-5-9-13-24)29-25(23)22-10-6-4-7-11-22/h4-13,20-21H,14-19H2,1-3H3. The van der Waals surface area contributed by atoms with E-state index in [1.807, 2.05) is 54.9 Å². The molecule has 3 aromatic rings. The van der Waals surface area contributed by atoms with Gasteiger partial charge in [0.1, 0.15) is 5.54 Å². The monoisotopic (exact) mass is 471 g/mol. The topological polar surface area (TPSA) is 61.7 Å². The van der Waals surface area contributed by atoms with Crippen LogP contribution < -0.4 is 0 Å². The number of piperidine rings is 1. The third-order valence-corrected chi connectivity index (χ3v) is 7.29. The first-order chi connectivity index (χ1) is 16.9. The summed E-state index contributed by atoms with van der Waals surface area (Å²) in [4.78, 5) is 31.7. The maximum atomic E-state index is 13.3. The number of rotatable bonds is 6. The largest absolute Gasteiger partial charge is 0.327 e. The van der Waals surface area contributed by atoms with Crippen LogP contribution in [0.3, 0.4) is 0 Å². The van der Waals surface area contributed by atoms with Crippen LogP contribution in [0.15, 0.2) is 66.9 Å². The molecule has 2 aliphatic rings. The van der Waals surface area contributed by atoms with E-state index in [1.54, 1.807) is 11.9 Å². The normalized spacial score (nSPS) is 18.3. The fourth-order valence-corrected chi connectivity index (χ4v) is 5.32. The number of hydrogen-bond donors (Lipinski definition) is 0. The van der Waals surface area contributed by atoms with Crippen molar-refractivity contribution in [3.63, 3.8) is 0 Å². The van der Waals surface area contributed by atoms with E-state index in [9.17, 15) is 9.59 Å². The third-order valence-electron chi connectivity index (χ3n) is 7.29. The number of amides is 3. The second-order valence-electron chi connectivity index (χ2n) is 10.1. The van der Waals surface area contributed by atoms with Crippen LogP contribution in [-0.4, -0.2) is 68.6 Å². The number of aromatic nitrogens is 2. The van der Waals surface area contributed by atoms with Crippen LogP contribution >= 0.6 is 0 Å². The molecule has 0 unspecified atom stereocenters. The summed E-state index contributed by atoms with van der Waals surface area (Å²) < 4.78 is 1.94. The van der Waals surface area contributed by atoms with E-state index < -0.39 is 5.54 Å². The Balaban J connectivity index is 1.36. The summed E-state index contributed by atoms with van der Waals surface area (Å²) in [5, 5.41) is 4.93. The van der Waals surface area contributed by atoms with Gasteiger partial charge in [0, 0.05) is 50.6 Å². The van der Waals surface area contributed by atoms with E-state index in [-0.39, 0.29) is 17.9 Å². The average Bonchev–Trinajstić information content (AvgIpc) is 3.37. The van der Waals surface area contributed by atoms with Crippen LogP contribution in [0.25, 0.3) is 16.9 Å². The van der Waals surface area contributed by atoms with Crippen LogP contribution in [-0.2, 0) is 11.3 Å². The Morgan fingerprint density at radius 2 is 1.57 bits per heavy atom. The number of likely N-dealkylation sites (N-methyl/N-ethyl adjacent to an activating group) is 1. The lowest BCUT2D eigenvalue weighted by Gasteiger charge is -2.40. The van der Waals surface area contributed by atoms with Crippen LogP contribution in [0.5, 0.6) is 0 Å². The van der Waals surface area contributed by atoms with Gasteiger partial charge in [-0.25, -0.2) is 9.48 Å². The molecule has 0 atom stereocenters. The Hall–Kier alpha value is -3.45. The van der Waals surface area contributed by atoms with Crippen molar-refractivity contribution >= 4 is 11.9 Å². The van der Waals surface area contributed by atoms with Crippen LogP contribution in [0.1, 0.15) is 32.3 Å². The van der Waals surface area contributed by atoms with Crippen molar-refractivity contribution in [1.82, 2.24) is 24.5 Å². The lowest BCUT2D eigenvalue weighted by atomic mass is 9.86. The number of likely N-dealkylation sites (tertiary alicyclic amines) is 1. The summed E-state index contributed by atoms with van der Waals surface area (Å²) in [5.41, 5.74) is 3.53. The molecule has 7 nitrogen and oxygen atoms in total. The molecule has 3 heterocycles. The van der Waals surface area contributed by atoms with Gasteiger partial charge in [-0.05, 0) is 30.9 Å². The molecule has 1 aromatic heterocycles. The smallest absolute Gasteiger partial charge is 0.312 e. The van der Waals surface area contributed by atoms with Crippen molar-refractivity contribution in [2.75, 3.05) is 26.7 Å². The maximum Gasteiger partial charge on any atom is 0.327 e. The predicted molar refractivity (Wildman–Crippen MR) is 136 cm³/mol. The molecule has 182 valence electrons. The van der Waals surface area contributed by atoms with Crippen molar-refractivity contribution < 1.29 is 9.59 Å². The molecule has 0 N–H and O–H groups in total. The summed E-state index contributed by atoms with van der Waals surface area (Å²) in [6.07, 6.45) is 3.41. The van der Waals surface area contributed by atoms with Gasteiger partial charge >= 0.3 is 6.03 Å². The number of nitrogens with zero attached hydrogens (tertiary/aromatic N) is 5. The fraction of sp³-hybridized carbons (Fsp3) is 0.393. The number of urea groups is 1. The van der Waals surface area contributed by atoms with Crippen molar-refractivity contribution in [2.24, 2.45) is 5.92 Å². The molecular formula is C28H33N5O2. The van der Waals surface area contributed by atoms with Crippen molar-refractivity contribution in [3.05, 3.63) is 72.4 Å². The second-order valence-corrected chi connectivity index (χ2v) is 10.1. The Kier molecular flexibility index (Phi) is 6.19. The molecule has 7 heteroatoms. The number of carbonyl (C=O) groups excluding carboxylic acids is 2. The number of imide groups is 1. The summed E-state index contributed by atoms with van der Waals surface area (Å²) >= 11 is 0. The van der Waals surface area contributed by atoms with E-state index in [2.05, 4.69) is 35.4 Å². The molecular weight excluding hydrogens is 438 g/mol. The second kappa shape index (κ2) is 9.30. The first kappa shape index (κ1) is 23.3. The molecule has 2 aromatic carbocycles. The minimum absolute atomic E-state index is 0.0276. The van der Waals surface area contributed by atoms with Gasteiger partial charge in [0.15, 0.2) is 0 Å². The van der Waals surface area contributed by atoms with Gasteiger partial charge in [-0.15, -0.1) is 0 Å². The van der Waals surface area contributed by atoms with Gasteiger partial charge in [0.25, 0.3) is 5.91 Å². The molecule has 2 saturated heterocycles. The summed E-state index contributed by atoms with van der Waals surface area (Å²) in [5.74, 6) is 0.226. The van der Waals surface area contributed by atoms with Gasteiger partial charge in [0.05, 0.1) is 11.4 Å². The van der Waals surface area contributed by atoms with Crippen LogP contribution in [0.4, 0.5) is 4.79 Å². The van der Waals surface area contributed by atoms with Gasteiger partial charge < -0.3 is 4.90 Å². The van der Waals surface area contributed by atoms with Crippen LogP contribution in [0, 0.1) is 5.92 Å². The van der Waals surface area contributed by atoms with E-state index in [0.717, 1.165) is 42.1 Å². The summed E-state index contributed by atoms with van der Waals surface area (Å²) in [6.45, 7) is 6.80. The minimum atomic E-state index is -0.709. The molecule has 2 aliphatic heterocycles. The fourth-order valence-electron chi connectivity index (χ4n) is 5.32. The Labute approximate surface area is 206 Å². The number of carbonyl (C=O) groups is 2. The van der Waals surface area contributed by atoms with E-state index >= 15 is 0 Å². The first-order valence-corrected chi connectivity index (χ1v) is 12.4. The lowest BCUT2D eigenvalue weighted by Crippen LogP contribution is -2.55. The maximum absolute atomic E-state index is 13.3. The highest BCUT2D eigenvalue weighted by Crippen LogP contribution is 2.37. The number of para-hydroxylation sites is 1. The molecule has 0 saturated carbocycles. The zero-order valence-corrected chi connectivity index (χ0v) is 20.7. The number of benzene rings is 2. The van der Waals surface area contributed by atoms with Crippen molar-refractivity contribution in [1.29, 1.82) is 0 Å². The molecule has 5 rings (SSSR count). The molecule has 3 amide bonds. The molecule has 2 fully saturated rings. The lowest BCUT2D eigenvalue weighted by molar-refractivity contribution is -0.135. The summed E-state index contributed by atoms with van der Waals surface area (Å²) in [6, 6.07) is 20.2. The van der Waals surface area contributed by atoms with E-state index in [4.69, 9.17) is 5.10 Å². The third kappa shape index (κ3) is 4.25. The Morgan fingerprint density at radius 1 is 0.943 bits per heavy atom. The quantitative estimate of drug-likeness (QED) is 0.499. The zero-order valence-electron chi connectivity index (χ0n) is 20.7.